The second-order valence-electron chi connectivity index (χ2n) is 6.31. The van der Waals surface area contributed by atoms with Crippen molar-refractivity contribution in [2.24, 2.45) is 0 Å². The molecule has 0 unspecified atom stereocenters. The number of allylic oxidation sites excluding steroid dienone is 1. The molecule has 2 heterocycles. The average Bonchev–Trinajstić information content (AvgIpc) is 3.13. The fourth-order valence-corrected chi connectivity index (χ4v) is 5.77. The van der Waals surface area contributed by atoms with Gasteiger partial charge in [-0.25, -0.2) is 0 Å². The first-order chi connectivity index (χ1) is 13.1. The Labute approximate surface area is 173 Å². The van der Waals surface area contributed by atoms with Crippen molar-refractivity contribution < 1.29 is 4.79 Å². The van der Waals surface area contributed by atoms with Crippen LogP contribution >= 0.6 is 35.7 Å². The van der Waals surface area contributed by atoms with Crippen molar-refractivity contribution in [3.05, 3.63) is 86.6 Å². The molecule has 0 N–H and O–H groups in total. The van der Waals surface area contributed by atoms with Gasteiger partial charge < -0.3 is 4.90 Å². The Morgan fingerprint density at radius 3 is 2.26 bits per heavy atom. The van der Waals surface area contributed by atoms with Gasteiger partial charge in [0.05, 0.1) is 17.3 Å². The van der Waals surface area contributed by atoms with E-state index in [1.54, 1.807) is 16.7 Å². The summed E-state index contributed by atoms with van der Waals surface area (Å²) in [7, 11) is 2.02. The summed E-state index contributed by atoms with van der Waals surface area (Å²) in [5.74, 6) is -0.00897. The van der Waals surface area contributed by atoms with Gasteiger partial charge in [0, 0.05) is 12.0 Å². The van der Waals surface area contributed by atoms with Crippen LogP contribution in [0.2, 0.25) is 0 Å². The molecule has 3 nitrogen and oxygen atoms in total. The van der Waals surface area contributed by atoms with Crippen LogP contribution in [0.1, 0.15) is 18.1 Å². The zero-order valence-corrected chi connectivity index (χ0v) is 17.5. The second-order valence-corrected chi connectivity index (χ2v) is 9.16. The van der Waals surface area contributed by atoms with Crippen LogP contribution in [0.3, 0.4) is 0 Å². The fourth-order valence-electron chi connectivity index (χ4n) is 3.22. The van der Waals surface area contributed by atoms with E-state index in [1.165, 1.54) is 16.7 Å². The lowest BCUT2D eigenvalue weighted by atomic mass is 10.1. The first-order valence-electron chi connectivity index (χ1n) is 8.56. The molecule has 0 bridgehead atoms. The lowest BCUT2D eigenvalue weighted by Gasteiger charge is -2.19. The summed E-state index contributed by atoms with van der Waals surface area (Å²) in [6, 6.07) is 20.2. The minimum Gasteiger partial charge on any atom is -0.337 e. The van der Waals surface area contributed by atoms with Gasteiger partial charge in [-0.2, -0.15) is 0 Å². The summed E-state index contributed by atoms with van der Waals surface area (Å²) in [6.07, 6.45) is 0. The summed E-state index contributed by atoms with van der Waals surface area (Å²) in [6.45, 7) is 2.61. The van der Waals surface area contributed by atoms with Gasteiger partial charge in [-0.3, -0.25) is 9.69 Å². The monoisotopic (exact) mass is 410 g/mol. The Morgan fingerprint density at radius 1 is 0.963 bits per heavy atom. The van der Waals surface area contributed by atoms with E-state index in [1.807, 2.05) is 55.6 Å². The highest BCUT2D eigenvalue weighted by molar-refractivity contribution is 8.27. The third-order valence-corrected chi connectivity index (χ3v) is 7.23. The standard InChI is InChI=1S/C21H18N2OS3/c1-14-17(16-11-7-4-8-12-16)22(2)20(26-14)18-19(24)23(21(25)27-18)13-15-9-5-3-6-10-15/h3-12H,13H2,1-2H3. The summed E-state index contributed by atoms with van der Waals surface area (Å²) in [5.41, 5.74) is 3.37. The highest BCUT2D eigenvalue weighted by Crippen LogP contribution is 2.49. The third kappa shape index (κ3) is 3.45. The topological polar surface area (TPSA) is 23.6 Å². The number of hydrogen-bond donors (Lipinski definition) is 0. The summed E-state index contributed by atoms with van der Waals surface area (Å²) in [4.78, 5) is 18.8. The lowest BCUT2D eigenvalue weighted by molar-refractivity contribution is -0.122. The Kier molecular flexibility index (Phi) is 5.12. The molecule has 136 valence electrons. The molecule has 2 aromatic rings. The molecule has 2 aromatic carbocycles. The number of thioether (sulfide) groups is 2. The highest BCUT2D eigenvalue weighted by Gasteiger charge is 2.38. The lowest BCUT2D eigenvalue weighted by Crippen LogP contribution is -2.28. The van der Waals surface area contributed by atoms with Gasteiger partial charge in [0.1, 0.15) is 9.23 Å². The predicted molar refractivity (Wildman–Crippen MR) is 119 cm³/mol. The van der Waals surface area contributed by atoms with E-state index < -0.39 is 0 Å². The summed E-state index contributed by atoms with van der Waals surface area (Å²) >= 11 is 8.56. The number of amides is 1. The van der Waals surface area contributed by atoms with Gasteiger partial charge in [0.15, 0.2) is 0 Å². The molecular formula is C21H18N2OS3. The Hall–Kier alpha value is -2.02. The van der Waals surface area contributed by atoms with Gasteiger partial charge in [0.2, 0.25) is 0 Å². The molecule has 6 heteroatoms. The molecule has 2 aliphatic rings. The largest absolute Gasteiger partial charge is 0.337 e. The molecule has 27 heavy (non-hydrogen) atoms. The predicted octanol–water partition coefficient (Wildman–Crippen LogP) is 5.28. The van der Waals surface area contributed by atoms with Gasteiger partial charge >= 0.3 is 0 Å². The zero-order chi connectivity index (χ0) is 19.0. The molecule has 0 radical (unpaired) electrons. The Morgan fingerprint density at radius 2 is 1.59 bits per heavy atom. The maximum Gasteiger partial charge on any atom is 0.269 e. The Bertz CT molecular complexity index is 967. The van der Waals surface area contributed by atoms with Gasteiger partial charge in [-0.1, -0.05) is 96.4 Å². The Balaban J connectivity index is 1.63. The molecule has 1 amide bonds. The molecule has 0 atom stereocenters. The number of nitrogens with zero attached hydrogens (tertiary/aromatic N) is 2. The van der Waals surface area contributed by atoms with E-state index >= 15 is 0 Å². The van der Waals surface area contributed by atoms with Crippen LogP contribution in [0.25, 0.3) is 5.70 Å². The maximum absolute atomic E-state index is 13.1. The van der Waals surface area contributed by atoms with Crippen LogP contribution in [0.15, 0.2) is 75.5 Å². The van der Waals surface area contributed by atoms with Crippen LogP contribution < -0.4 is 0 Å². The van der Waals surface area contributed by atoms with E-state index in [2.05, 4.69) is 24.0 Å². The van der Waals surface area contributed by atoms with Crippen molar-refractivity contribution in [1.82, 2.24) is 9.80 Å². The summed E-state index contributed by atoms with van der Waals surface area (Å²) in [5, 5.41) is 0.958. The van der Waals surface area contributed by atoms with Crippen molar-refractivity contribution in [2.45, 2.75) is 13.5 Å². The number of thiocarbonyl (C=S) groups is 1. The fraction of sp³-hybridized carbons (Fsp3) is 0.143. The smallest absolute Gasteiger partial charge is 0.269 e. The van der Waals surface area contributed by atoms with Gasteiger partial charge in [-0.15, -0.1) is 0 Å². The van der Waals surface area contributed by atoms with E-state index in [9.17, 15) is 4.79 Å². The van der Waals surface area contributed by atoms with Crippen molar-refractivity contribution in [1.29, 1.82) is 0 Å². The van der Waals surface area contributed by atoms with Gasteiger partial charge in [0.25, 0.3) is 5.91 Å². The quantitative estimate of drug-likeness (QED) is 0.506. The summed E-state index contributed by atoms with van der Waals surface area (Å²) < 4.78 is 0.617. The molecular weight excluding hydrogens is 392 g/mol. The number of carbonyl (C=O) groups is 1. The van der Waals surface area contributed by atoms with Crippen LogP contribution in [0, 0.1) is 0 Å². The van der Waals surface area contributed by atoms with Crippen LogP contribution in [0.5, 0.6) is 0 Å². The van der Waals surface area contributed by atoms with Crippen molar-refractivity contribution >= 4 is 51.7 Å². The number of rotatable bonds is 3. The minimum atomic E-state index is -0.00897. The number of benzene rings is 2. The molecule has 0 saturated carbocycles. The second kappa shape index (κ2) is 7.54. The molecule has 1 saturated heterocycles. The van der Waals surface area contributed by atoms with E-state index in [4.69, 9.17) is 12.2 Å². The van der Waals surface area contributed by atoms with Crippen molar-refractivity contribution in [2.75, 3.05) is 7.05 Å². The average molecular weight is 411 g/mol. The zero-order valence-electron chi connectivity index (χ0n) is 15.0. The molecule has 1 fully saturated rings. The van der Waals surface area contributed by atoms with E-state index in [0.29, 0.717) is 15.8 Å². The number of hydrogen-bond acceptors (Lipinski definition) is 5. The first-order valence-corrected chi connectivity index (χ1v) is 10.6. The minimum absolute atomic E-state index is 0.00897. The maximum atomic E-state index is 13.1. The molecule has 0 spiro atoms. The van der Waals surface area contributed by atoms with Gasteiger partial charge in [-0.05, 0) is 18.1 Å². The van der Waals surface area contributed by atoms with Crippen molar-refractivity contribution in [3.8, 4) is 0 Å². The molecule has 2 aliphatic heterocycles. The van der Waals surface area contributed by atoms with Crippen molar-refractivity contribution in [3.63, 3.8) is 0 Å². The normalized spacial score (nSPS) is 20.2. The molecule has 4 rings (SSSR count). The SMILES string of the molecule is CC1=C(c2ccccc2)N(C)C(=C2SC(=S)N(Cc3ccccc3)C2=O)S1. The van der Waals surface area contributed by atoms with Crippen LogP contribution in [-0.4, -0.2) is 27.1 Å². The van der Waals surface area contributed by atoms with Crippen LogP contribution in [0.4, 0.5) is 0 Å². The first kappa shape index (κ1) is 18.3. The van der Waals surface area contributed by atoms with E-state index in [-0.39, 0.29) is 5.91 Å². The molecule has 0 aliphatic carbocycles. The molecule has 0 aromatic heterocycles. The highest BCUT2D eigenvalue weighted by atomic mass is 32.2. The third-order valence-electron chi connectivity index (χ3n) is 4.50. The van der Waals surface area contributed by atoms with E-state index in [0.717, 1.165) is 21.9 Å². The number of carbonyl (C=O) groups excluding carboxylic acids is 1. The van der Waals surface area contributed by atoms with Crippen LogP contribution in [-0.2, 0) is 11.3 Å².